The van der Waals surface area contributed by atoms with Crippen LogP contribution in [0.1, 0.15) is 15.9 Å². The summed E-state index contributed by atoms with van der Waals surface area (Å²) in [6, 6.07) is 7.73. The van der Waals surface area contributed by atoms with Crippen LogP contribution in [0.2, 0.25) is 5.02 Å². The zero-order valence-electron chi connectivity index (χ0n) is 10.1. The first-order valence-corrected chi connectivity index (χ1v) is 5.95. The van der Waals surface area contributed by atoms with Gasteiger partial charge in [-0.25, -0.2) is 13.6 Å². The molecule has 2 aromatic rings. The molecule has 0 aliphatic rings. The Hall–Kier alpha value is -2.14. The van der Waals surface area contributed by atoms with Gasteiger partial charge < -0.3 is 9.84 Å². The van der Waals surface area contributed by atoms with Crippen molar-refractivity contribution in [1.29, 1.82) is 0 Å². The van der Waals surface area contributed by atoms with Crippen LogP contribution in [0.15, 0.2) is 36.4 Å². The number of halogens is 3. The molecule has 0 unspecified atom stereocenters. The molecular weight excluding hydrogens is 290 g/mol. The average Bonchev–Trinajstić information content (AvgIpc) is 2.41. The second-order valence-corrected chi connectivity index (χ2v) is 4.36. The maximum absolute atomic E-state index is 13.8. The van der Waals surface area contributed by atoms with Gasteiger partial charge in [0.1, 0.15) is 24.0 Å². The largest absolute Gasteiger partial charge is 0.489 e. The van der Waals surface area contributed by atoms with E-state index in [0.717, 1.165) is 12.1 Å². The van der Waals surface area contributed by atoms with Crippen molar-refractivity contribution in [2.75, 3.05) is 0 Å². The smallest absolute Gasteiger partial charge is 0.338 e. The SMILES string of the molecule is O=C(O)c1cccc(COc2ccc(F)c(Cl)c2)c1F. The third kappa shape index (κ3) is 3.05. The van der Waals surface area contributed by atoms with Crippen LogP contribution < -0.4 is 4.74 Å². The maximum atomic E-state index is 13.8. The van der Waals surface area contributed by atoms with E-state index in [-0.39, 0.29) is 22.9 Å². The second-order valence-electron chi connectivity index (χ2n) is 3.95. The Morgan fingerprint density at radius 2 is 2.00 bits per heavy atom. The first-order valence-electron chi connectivity index (χ1n) is 5.57. The first kappa shape index (κ1) is 14.3. The lowest BCUT2D eigenvalue weighted by Gasteiger charge is -2.09. The average molecular weight is 299 g/mol. The Labute approximate surface area is 118 Å². The fraction of sp³-hybridized carbons (Fsp3) is 0.0714. The summed E-state index contributed by atoms with van der Waals surface area (Å²) in [6.45, 7) is -0.186. The van der Waals surface area contributed by atoms with Crippen molar-refractivity contribution in [3.8, 4) is 5.75 Å². The van der Waals surface area contributed by atoms with Crippen LogP contribution in [0, 0.1) is 11.6 Å². The van der Waals surface area contributed by atoms with Gasteiger partial charge in [0.15, 0.2) is 0 Å². The van der Waals surface area contributed by atoms with E-state index < -0.39 is 23.2 Å². The molecule has 0 heterocycles. The molecule has 104 valence electrons. The van der Waals surface area contributed by atoms with Crippen LogP contribution >= 0.6 is 11.6 Å². The summed E-state index contributed by atoms with van der Waals surface area (Å²) in [7, 11) is 0. The molecule has 0 saturated carbocycles. The maximum Gasteiger partial charge on any atom is 0.338 e. The Balaban J connectivity index is 2.17. The summed E-state index contributed by atoms with van der Waals surface area (Å²) >= 11 is 5.59. The number of hydrogen-bond acceptors (Lipinski definition) is 2. The predicted molar refractivity (Wildman–Crippen MR) is 69.1 cm³/mol. The molecule has 6 heteroatoms. The molecule has 2 aromatic carbocycles. The summed E-state index contributed by atoms with van der Waals surface area (Å²) < 4.78 is 32.0. The molecule has 0 bridgehead atoms. The fourth-order valence-electron chi connectivity index (χ4n) is 1.58. The summed E-state index contributed by atoms with van der Waals surface area (Å²) in [5.74, 6) is -2.53. The molecule has 0 spiro atoms. The van der Waals surface area contributed by atoms with Crippen molar-refractivity contribution in [3.63, 3.8) is 0 Å². The van der Waals surface area contributed by atoms with Gasteiger partial charge in [0.05, 0.1) is 10.6 Å². The molecule has 0 radical (unpaired) electrons. The fourth-order valence-corrected chi connectivity index (χ4v) is 1.75. The van der Waals surface area contributed by atoms with E-state index in [2.05, 4.69) is 0 Å². The van der Waals surface area contributed by atoms with Crippen LogP contribution in [0.5, 0.6) is 5.75 Å². The molecular formula is C14H9ClF2O3. The molecule has 0 aliphatic carbocycles. The van der Waals surface area contributed by atoms with E-state index in [4.69, 9.17) is 21.4 Å². The van der Waals surface area contributed by atoms with Gasteiger partial charge in [-0.15, -0.1) is 0 Å². The Bertz CT molecular complexity index is 659. The summed E-state index contributed by atoms with van der Waals surface area (Å²) in [5, 5.41) is 8.69. The number of carboxylic acids is 1. The van der Waals surface area contributed by atoms with E-state index in [0.29, 0.717) is 0 Å². The molecule has 0 aromatic heterocycles. The van der Waals surface area contributed by atoms with E-state index >= 15 is 0 Å². The highest BCUT2D eigenvalue weighted by Crippen LogP contribution is 2.22. The van der Waals surface area contributed by atoms with Crippen LogP contribution in [-0.4, -0.2) is 11.1 Å². The predicted octanol–water partition coefficient (Wildman–Crippen LogP) is 3.90. The van der Waals surface area contributed by atoms with Crippen LogP contribution in [0.4, 0.5) is 8.78 Å². The highest BCUT2D eigenvalue weighted by atomic mass is 35.5. The Morgan fingerprint density at radius 1 is 1.25 bits per heavy atom. The highest BCUT2D eigenvalue weighted by molar-refractivity contribution is 6.30. The number of aromatic carboxylic acids is 1. The van der Waals surface area contributed by atoms with Crippen LogP contribution in [0.3, 0.4) is 0 Å². The number of rotatable bonds is 4. The van der Waals surface area contributed by atoms with E-state index in [1.54, 1.807) is 0 Å². The van der Waals surface area contributed by atoms with Crippen LogP contribution in [-0.2, 0) is 6.61 Å². The zero-order valence-corrected chi connectivity index (χ0v) is 10.8. The lowest BCUT2D eigenvalue weighted by molar-refractivity contribution is 0.0691. The number of carboxylic acid groups (broad SMARTS) is 1. The lowest BCUT2D eigenvalue weighted by atomic mass is 10.1. The van der Waals surface area contributed by atoms with Gasteiger partial charge >= 0.3 is 5.97 Å². The Kier molecular flexibility index (Phi) is 4.20. The molecule has 0 fully saturated rings. The minimum absolute atomic E-state index is 0.0883. The topological polar surface area (TPSA) is 46.5 Å². The highest BCUT2D eigenvalue weighted by Gasteiger charge is 2.14. The van der Waals surface area contributed by atoms with Crippen molar-refractivity contribution >= 4 is 17.6 Å². The number of benzene rings is 2. The lowest BCUT2D eigenvalue weighted by Crippen LogP contribution is -2.06. The van der Waals surface area contributed by atoms with Crippen LogP contribution in [0.25, 0.3) is 0 Å². The zero-order chi connectivity index (χ0) is 14.7. The number of carbonyl (C=O) groups is 1. The number of ether oxygens (including phenoxy) is 1. The molecule has 0 aliphatic heterocycles. The van der Waals surface area contributed by atoms with Crippen molar-refractivity contribution in [1.82, 2.24) is 0 Å². The van der Waals surface area contributed by atoms with Gasteiger partial charge in [0.2, 0.25) is 0 Å². The molecule has 1 N–H and O–H groups in total. The normalized spacial score (nSPS) is 10.3. The third-order valence-electron chi connectivity index (χ3n) is 2.59. The minimum Gasteiger partial charge on any atom is -0.489 e. The molecule has 0 atom stereocenters. The van der Waals surface area contributed by atoms with E-state index in [1.807, 2.05) is 0 Å². The van der Waals surface area contributed by atoms with Crippen molar-refractivity contribution < 1.29 is 23.4 Å². The summed E-state index contributed by atoms with van der Waals surface area (Å²) in [5.41, 5.74) is -0.339. The van der Waals surface area contributed by atoms with Gasteiger partial charge in [-0.05, 0) is 18.2 Å². The van der Waals surface area contributed by atoms with Gasteiger partial charge in [-0.1, -0.05) is 23.7 Å². The monoisotopic (exact) mass is 298 g/mol. The van der Waals surface area contributed by atoms with E-state index in [1.165, 1.54) is 24.3 Å². The van der Waals surface area contributed by atoms with Gasteiger partial charge in [-0.2, -0.15) is 0 Å². The molecule has 0 saturated heterocycles. The number of hydrogen-bond donors (Lipinski definition) is 1. The summed E-state index contributed by atoms with van der Waals surface area (Å²) in [4.78, 5) is 10.8. The van der Waals surface area contributed by atoms with Crippen molar-refractivity contribution in [2.24, 2.45) is 0 Å². The third-order valence-corrected chi connectivity index (χ3v) is 2.88. The molecule has 0 amide bonds. The quantitative estimate of drug-likeness (QED) is 0.931. The van der Waals surface area contributed by atoms with Crippen molar-refractivity contribution in [2.45, 2.75) is 6.61 Å². The standard InChI is InChI=1S/C14H9ClF2O3/c15-11-6-9(4-5-12(11)16)20-7-8-2-1-3-10(13(8)17)14(18)19/h1-6H,7H2,(H,18,19). The second kappa shape index (κ2) is 5.88. The van der Waals surface area contributed by atoms with Gasteiger partial charge in [-0.3, -0.25) is 0 Å². The van der Waals surface area contributed by atoms with Gasteiger partial charge in [0, 0.05) is 11.6 Å². The van der Waals surface area contributed by atoms with E-state index in [9.17, 15) is 13.6 Å². The molecule has 3 nitrogen and oxygen atoms in total. The van der Waals surface area contributed by atoms with Gasteiger partial charge in [0.25, 0.3) is 0 Å². The molecule has 2 rings (SSSR count). The Morgan fingerprint density at radius 3 is 2.65 bits per heavy atom. The summed E-state index contributed by atoms with van der Waals surface area (Å²) in [6.07, 6.45) is 0. The minimum atomic E-state index is -1.35. The van der Waals surface area contributed by atoms with Crippen molar-refractivity contribution in [3.05, 3.63) is 64.2 Å². The molecule has 20 heavy (non-hydrogen) atoms. The first-order chi connectivity index (χ1) is 9.49.